The summed E-state index contributed by atoms with van der Waals surface area (Å²) in [5, 5.41) is 5.67. The molecule has 1 aromatic carbocycles. The number of aryl methyl sites for hydroxylation is 1. The van der Waals surface area contributed by atoms with Crippen molar-refractivity contribution in [2.45, 2.75) is 44.9 Å². The molecule has 3 heterocycles. The van der Waals surface area contributed by atoms with Gasteiger partial charge in [-0.1, -0.05) is 12.1 Å². The Morgan fingerprint density at radius 1 is 1.38 bits per heavy atom. The van der Waals surface area contributed by atoms with Gasteiger partial charge in [0.1, 0.15) is 12.3 Å². The van der Waals surface area contributed by atoms with E-state index < -0.39 is 18.2 Å². The van der Waals surface area contributed by atoms with E-state index in [9.17, 15) is 18.4 Å². The Balaban J connectivity index is 1.57. The Bertz CT molecular complexity index is 1000. The van der Waals surface area contributed by atoms with Gasteiger partial charge in [-0.15, -0.1) is 0 Å². The number of hydrogen-bond donors (Lipinski definition) is 2. The van der Waals surface area contributed by atoms with E-state index in [1.54, 1.807) is 24.4 Å². The van der Waals surface area contributed by atoms with Crippen molar-refractivity contribution in [3.05, 3.63) is 47.7 Å². The van der Waals surface area contributed by atoms with Gasteiger partial charge in [0.25, 0.3) is 0 Å². The number of urea groups is 1. The van der Waals surface area contributed by atoms with Crippen LogP contribution in [0.3, 0.4) is 0 Å². The van der Waals surface area contributed by atoms with Crippen molar-refractivity contribution >= 4 is 23.4 Å². The number of fused-ring (bicyclic) bond motifs is 1. The van der Waals surface area contributed by atoms with E-state index in [1.807, 2.05) is 6.92 Å². The molecule has 2 unspecified atom stereocenters. The molecule has 2 N–H and O–H groups in total. The van der Waals surface area contributed by atoms with Crippen LogP contribution in [-0.4, -0.2) is 42.3 Å². The van der Waals surface area contributed by atoms with Crippen molar-refractivity contribution in [1.29, 1.82) is 0 Å². The van der Waals surface area contributed by atoms with E-state index in [1.165, 1.54) is 17.0 Å². The number of halogens is 2. The topological polar surface area (TPSA) is 92.8 Å². The molecule has 1 aromatic heterocycles. The molecule has 2 aliphatic rings. The highest BCUT2D eigenvalue weighted by Gasteiger charge is 2.34. The maximum Gasteiger partial charge on any atom is 0.394 e. The average molecular weight is 446 g/mol. The number of carbonyl (C=O) groups is 2. The predicted octanol–water partition coefficient (Wildman–Crippen LogP) is 3.77. The summed E-state index contributed by atoms with van der Waals surface area (Å²) in [6.45, 7) is 2.90. The molecule has 0 aliphatic carbocycles. The van der Waals surface area contributed by atoms with E-state index in [0.717, 1.165) is 18.4 Å². The summed E-state index contributed by atoms with van der Waals surface area (Å²) in [5.41, 5.74) is 1.99. The van der Waals surface area contributed by atoms with Gasteiger partial charge in [-0.2, -0.15) is 8.78 Å². The molecule has 8 nitrogen and oxygen atoms in total. The molecular formula is C22H24F2N4O4. The molecule has 0 bridgehead atoms. The summed E-state index contributed by atoms with van der Waals surface area (Å²) in [7, 11) is 0. The molecule has 32 heavy (non-hydrogen) atoms. The number of hydrogen-bond acceptors (Lipinski definition) is 5. The molecule has 2 atom stereocenters. The molecule has 2 aromatic rings. The van der Waals surface area contributed by atoms with E-state index >= 15 is 0 Å². The van der Waals surface area contributed by atoms with Gasteiger partial charge in [0.05, 0.1) is 17.8 Å². The van der Waals surface area contributed by atoms with Gasteiger partial charge < -0.3 is 20.1 Å². The highest BCUT2D eigenvalue weighted by molar-refractivity contribution is 6.08. The van der Waals surface area contributed by atoms with Crippen molar-refractivity contribution in [3.63, 3.8) is 0 Å². The van der Waals surface area contributed by atoms with Crippen LogP contribution in [-0.2, 0) is 9.53 Å². The first kappa shape index (κ1) is 21.9. The smallest absolute Gasteiger partial charge is 0.394 e. The second-order valence-corrected chi connectivity index (χ2v) is 7.98. The second-order valence-electron chi connectivity index (χ2n) is 7.98. The largest absolute Gasteiger partial charge is 0.433 e. The lowest BCUT2D eigenvalue weighted by molar-refractivity contribution is -0.159. The van der Waals surface area contributed by atoms with Crippen LogP contribution >= 0.6 is 0 Å². The average Bonchev–Trinajstić information content (AvgIpc) is 3.25. The maximum atomic E-state index is 13.2. The molecule has 1 saturated heterocycles. The number of alkyl halides is 2. The Morgan fingerprint density at radius 3 is 2.78 bits per heavy atom. The van der Waals surface area contributed by atoms with Crippen LogP contribution in [0.4, 0.5) is 25.1 Å². The summed E-state index contributed by atoms with van der Waals surface area (Å²) < 4.78 is 36.6. The molecule has 170 valence electrons. The number of rotatable bonds is 5. The fourth-order valence-corrected chi connectivity index (χ4v) is 3.86. The van der Waals surface area contributed by atoms with Gasteiger partial charge in [-0.3, -0.25) is 9.69 Å². The number of nitrogens with one attached hydrogen (secondary N) is 2. The van der Waals surface area contributed by atoms with Crippen LogP contribution in [0.2, 0.25) is 0 Å². The Morgan fingerprint density at radius 2 is 2.12 bits per heavy atom. The number of aromatic nitrogens is 1. The Kier molecular flexibility index (Phi) is 5.96. The SMILES string of the molecule is Cc1cnc2c(c1)NC(=O)CN2C(=O)NC(c1ccc(OC(C)(F)F)cc1)C1CCCO1. The summed E-state index contributed by atoms with van der Waals surface area (Å²) in [4.78, 5) is 30.9. The van der Waals surface area contributed by atoms with Crippen molar-refractivity contribution in [2.24, 2.45) is 0 Å². The molecule has 3 amide bonds. The number of pyridine rings is 1. The summed E-state index contributed by atoms with van der Waals surface area (Å²) in [6, 6.07) is 6.79. The van der Waals surface area contributed by atoms with Gasteiger partial charge in [0, 0.05) is 19.7 Å². The number of ether oxygens (including phenoxy) is 2. The zero-order chi connectivity index (χ0) is 22.9. The lowest BCUT2D eigenvalue weighted by atomic mass is 9.99. The monoisotopic (exact) mass is 446 g/mol. The van der Waals surface area contributed by atoms with E-state index in [-0.39, 0.29) is 24.3 Å². The van der Waals surface area contributed by atoms with E-state index in [2.05, 4.69) is 20.4 Å². The molecule has 0 radical (unpaired) electrons. The van der Waals surface area contributed by atoms with Crippen molar-refractivity contribution in [1.82, 2.24) is 10.3 Å². The summed E-state index contributed by atoms with van der Waals surface area (Å²) in [6.07, 6.45) is -0.392. The van der Waals surface area contributed by atoms with Crippen molar-refractivity contribution in [3.8, 4) is 5.75 Å². The molecular weight excluding hydrogens is 422 g/mol. The minimum Gasteiger partial charge on any atom is -0.433 e. The zero-order valence-electron chi connectivity index (χ0n) is 17.7. The first-order chi connectivity index (χ1) is 15.2. The van der Waals surface area contributed by atoms with Crippen molar-refractivity contribution in [2.75, 3.05) is 23.4 Å². The maximum absolute atomic E-state index is 13.2. The summed E-state index contributed by atoms with van der Waals surface area (Å²) in [5.74, 6) is 0.0447. The lowest BCUT2D eigenvalue weighted by Crippen LogP contribution is -2.50. The third kappa shape index (κ3) is 4.96. The van der Waals surface area contributed by atoms with Crippen LogP contribution < -0.4 is 20.3 Å². The summed E-state index contributed by atoms with van der Waals surface area (Å²) >= 11 is 0. The molecule has 0 saturated carbocycles. The minimum atomic E-state index is -3.29. The third-order valence-corrected chi connectivity index (χ3v) is 5.23. The predicted molar refractivity (Wildman–Crippen MR) is 113 cm³/mol. The number of nitrogens with zero attached hydrogens (tertiary/aromatic N) is 2. The fourth-order valence-electron chi connectivity index (χ4n) is 3.86. The van der Waals surface area contributed by atoms with Crippen LogP contribution in [0, 0.1) is 6.92 Å². The van der Waals surface area contributed by atoms with Gasteiger partial charge in [0.2, 0.25) is 5.91 Å². The second kappa shape index (κ2) is 8.70. The fraction of sp³-hybridized carbons (Fsp3) is 0.409. The Labute approximate surface area is 183 Å². The minimum absolute atomic E-state index is 0.0138. The van der Waals surface area contributed by atoms with Crippen LogP contribution in [0.15, 0.2) is 36.5 Å². The molecule has 4 rings (SSSR count). The third-order valence-electron chi connectivity index (χ3n) is 5.23. The molecule has 2 aliphatic heterocycles. The number of anilines is 2. The highest BCUT2D eigenvalue weighted by Crippen LogP contribution is 2.32. The van der Waals surface area contributed by atoms with E-state index in [0.29, 0.717) is 30.6 Å². The number of carbonyl (C=O) groups excluding carboxylic acids is 2. The number of amides is 3. The highest BCUT2D eigenvalue weighted by atomic mass is 19.3. The normalized spacial score (nSPS) is 19.2. The quantitative estimate of drug-likeness (QED) is 0.730. The first-order valence-electron chi connectivity index (χ1n) is 10.3. The first-order valence-corrected chi connectivity index (χ1v) is 10.3. The lowest BCUT2D eigenvalue weighted by Gasteiger charge is -2.31. The van der Waals surface area contributed by atoms with Crippen LogP contribution in [0.1, 0.15) is 36.9 Å². The molecule has 0 spiro atoms. The van der Waals surface area contributed by atoms with E-state index in [4.69, 9.17) is 4.74 Å². The van der Waals surface area contributed by atoms with Gasteiger partial charge >= 0.3 is 12.1 Å². The van der Waals surface area contributed by atoms with Crippen LogP contribution in [0.25, 0.3) is 0 Å². The van der Waals surface area contributed by atoms with Crippen molar-refractivity contribution < 1.29 is 27.8 Å². The Hall–Kier alpha value is -3.27. The molecule has 1 fully saturated rings. The number of benzene rings is 1. The van der Waals surface area contributed by atoms with Crippen LogP contribution in [0.5, 0.6) is 5.75 Å². The van der Waals surface area contributed by atoms with Gasteiger partial charge in [0.15, 0.2) is 5.82 Å². The van der Waals surface area contributed by atoms with Gasteiger partial charge in [-0.05, 0) is 49.1 Å². The molecule has 10 heteroatoms. The standard InChI is InChI=1S/C22H24F2N4O4/c1-13-10-16-20(25-11-13)28(12-18(29)26-16)21(30)27-19(17-4-3-9-31-17)14-5-7-15(8-6-14)32-22(2,23)24/h5-8,10-11,17,19H,3-4,9,12H2,1-2H3,(H,26,29)(H,27,30). The van der Waals surface area contributed by atoms with Gasteiger partial charge in [-0.25, -0.2) is 9.78 Å². The zero-order valence-corrected chi connectivity index (χ0v) is 17.7.